The first-order chi connectivity index (χ1) is 9.82. The molecule has 1 aliphatic carbocycles. The normalized spacial score (nSPS) is 23.2. The number of nitrogens with zero attached hydrogens (tertiary/aromatic N) is 3. The molecule has 5 nitrogen and oxygen atoms in total. The minimum absolute atomic E-state index is 0.151. The van der Waals surface area contributed by atoms with Gasteiger partial charge in [-0.15, -0.1) is 0 Å². The van der Waals surface area contributed by atoms with Crippen molar-refractivity contribution in [2.75, 3.05) is 26.2 Å². The SMILES string of the molecule is OCCn1cc(CN2CCNCC23CCCCC3)cn1. The van der Waals surface area contributed by atoms with E-state index in [4.69, 9.17) is 5.11 Å². The summed E-state index contributed by atoms with van der Waals surface area (Å²) in [5.74, 6) is 0. The van der Waals surface area contributed by atoms with E-state index in [1.165, 1.54) is 37.7 Å². The molecule has 2 fully saturated rings. The maximum atomic E-state index is 8.97. The van der Waals surface area contributed by atoms with E-state index in [0.717, 1.165) is 26.2 Å². The van der Waals surface area contributed by atoms with Gasteiger partial charge < -0.3 is 10.4 Å². The van der Waals surface area contributed by atoms with Crippen molar-refractivity contribution in [1.82, 2.24) is 20.0 Å². The summed E-state index contributed by atoms with van der Waals surface area (Å²) in [7, 11) is 0. The second-order valence-electron chi connectivity index (χ2n) is 6.22. The molecule has 0 atom stereocenters. The van der Waals surface area contributed by atoms with Crippen LogP contribution in [-0.4, -0.2) is 51.6 Å². The Kier molecular flexibility index (Phi) is 4.38. The van der Waals surface area contributed by atoms with Crippen LogP contribution in [0.3, 0.4) is 0 Å². The smallest absolute Gasteiger partial charge is 0.0640 e. The Hall–Kier alpha value is -0.910. The Bertz CT molecular complexity index is 417. The molecule has 0 amide bonds. The number of nitrogens with one attached hydrogen (secondary N) is 1. The molecular formula is C15H26N4O. The molecule has 1 aromatic rings. The zero-order valence-electron chi connectivity index (χ0n) is 12.2. The fraction of sp³-hybridized carbons (Fsp3) is 0.800. The molecule has 2 heterocycles. The average Bonchev–Trinajstić information content (AvgIpc) is 2.91. The van der Waals surface area contributed by atoms with Crippen LogP contribution in [0.5, 0.6) is 0 Å². The highest BCUT2D eigenvalue weighted by Crippen LogP contribution is 2.35. The van der Waals surface area contributed by atoms with Gasteiger partial charge in [0.1, 0.15) is 0 Å². The number of aromatic nitrogens is 2. The Morgan fingerprint density at radius 1 is 1.30 bits per heavy atom. The van der Waals surface area contributed by atoms with E-state index in [2.05, 4.69) is 21.5 Å². The van der Waals surface area contributed by atoms with E-state index >= 15 is 0 Å². The maximum Gasteiger partial charge on any atom is 0.0640 e. The standard InChI is InChI=1S/C15H26N4O/c20-9-8-19-12-14(10-17-19)11-18-7-6-16-13-15(18)4-2-1-3-5-15/h10,12,16,20H,1-9,11,13H2. The minimum Gasteiger partial charge on any atom is -0.394 e. The molecule has 3 rings (SSSR count). The van der Waals surface area contributed by atoms with Crippen LogP contribution in [0.25, 0.3) is 0 Å². The fourth-order valence-electron chi connectivity index (χ4n) is 3.77. The van der Waals surface area contributed by atoms with Crippen LogP contribution in [0.4, 0.5) is 0 Å². The van der Waals surface area contributed by atoms with Crippen molar-refractivity contribution in [1.29, 1.82) is 0 Å². The van der Waals surface area contributed by atoms with Gasteiger partial charge in [-0.05, 0) is 12.8 Å². The predicted molar refractivity (Wildman–Crippen MR) is 78.4 cm³/mol. The Labute approximate surface area is 121 Å². The summed E-state index contributed by atoms with van der Waals surface area (Å²) in [4.78, 5) is 2.67. The Morgan fingerprint density at radius 3 is 2.95 bits per heavy atom. The van der Waals surface area contributed by atoms with Crippen LogP contribution < -0.4 is 5.32 Å². The van der Waals surface area contributed by atoms with Gasteiger partial charge in [-0.1, -0.05) is 19.3 Å². The topological polar surface area (TPSA) is 53.3 Å². The lowest BCUT2D eigenvalue weighted by Gasteiger charge is -2.49. The van der Waals surface area contributed by atoms with Crippen LogP contribution in [0.1, 0.15) is 37.7 Å². The molecule has 0 aromatic carbocycles. The monoisotopic (exact) mass is 278 g/mol. The molecule has 1 aliphatic heterocycles. The van der Waals surface area contributed by atoms with Crippen molar-refractivity contribution in [3.8, 4) is 0 Å². The van der Waals surface area contributed by atoms with Gasteiger partial charge >= 0.3 is 0 Å². The molecule has 1 saturated heterocycles. The molecule has 2 aliphatic rings. The highest BCUT2D eigenvalue weighted by Gasteiger charge is 2.39. The van der Waals surface area contributed by atoms with Gasteiger partial charge in [-0.25, -0.2) is 0 Å². The van der Waals surface area contributed by atoms with E-state index in [1.54, 1.807) is 0 Å². The third kappa shape index (κ3) is 2.90. The molecule has 0 unspecified atom stereocenters. The van der Waals surface area contributed by atoms with Crippen molar-refractivity contribution < 1.29 is 5.11 Å². The number of piperazine rings is 1. The average molecular weight is 278 g/mol. The van der Waals surface area contributed by atoms with E-state index in [-0.39, 0.29) is 6.61 Å². The van der Waals surface area contributed by atoms with Crippen LogP contribution in [0.15, 0.2) is 12.4 Å². The first kappa shape index (κ1) is 14.0. The van der Waals surface area contributed by atoms with Crippen LogP contribution >= 0.6 is 0 Å². The lowest BCUT2D eigenvalue weighted by molar-refractivity contribution is 0.0208. The molecule has 2 N–H and O–H groups in total. The second-order valence-corrected chi connectivity index (χ2v) is 6.22. The Balaban J connectivity index is 1.69. The zero-order valence-corrected chi connectivity index (χ0v) is 12.2. The van der Waals surface area contributed by atoms with Gasteiger partial charge in [0.15, 0.2) is 0 Å². The molecule has 0 bridgehead atoms. The highest BCUT2D eigenvalue weighted by molar-refractivity contribution is 5.07. The largest absolute Gasteiger partial charge is 0.394 e. The lowest BCUT2D eigenvalue weighted by Crippen LogP contribution is -2.61. The van der Waals surface area contributed by atoms with Gasteiger partial charge in [0.25, 0.3) is 0 Å². The third-order valence-electron chi connectivity index (χ3n) is 4.86. The summed E-state index contributed by atoms with van der Waals surface area (Å²) < 4.78 is 1.84. The summed E-state index contributed by atoms with van der Waals surface area (Å²) in [6, 6.07) is 0. The van der Waals surface area contributed by atoms with Gasteiger partial charge in [0.05, 0.1) is 19.3 Å². The number of rotatable bonds is 4. The Morgan fingerprint density at radius 2 is 2.15 bits per heavy atom. The molecule has 1 saturated carbocycles. The van der Waals surface area contributed by atoms with Crippen molar-refractivity contribution in [3.05, 3.63) is 18.0 Å². The van der Waals surface area contributed by atoms with Gasteiger partial charge in [0, 0.05) is 43.5 Å². The first-order valence-corrected chi connectivity index (χ1v) is 7.90. The van der Waals surface area contributed by atoms with Crippen LogP contribution in [0.2, 0.25) is 0 Å². The number of hydrogen-bond donors (Lipinski definition) is 2. The molecule has 1 spiro atoms. The summed E-state index contributed by atoms with van der Waals surface area (Å²) in [6.07, 6.45) is 10.8. The van der Waals surface area contributed by atoms with Crippen molar-refractivity contribution in [2.45, 2.75) is 50.7 Å². The van der Waals surface area contributed by atoms with Crippen LogP contribution in [-0.2, 0) is 13.1 Å². The van der Waals surface area contributed by atoms with Crippen molar-refractivity contribution >= 4 is 0 Å². The number of hydrogen-bond acceptors (Lipinski definition) is 4. The lowest BCUT2D eigenvalue weighted by atomic mass is 9.79. The quantitative estimate of drug-likeness (QED) is 0.862. The van der Waals surface area contributed by atoms with Gasteiger partial charge in [-0.3, -0.25) is 9.58 Å². The second kappa shape index (κ2) is 6.24. The van der Waals surface area contributed by atoms with Gasteiger partial charge in [0.2, 0.25) is 0 Å². The van der Waals surface area contributed by atoms with E-state index < -0.39 is 0 Å². The highest BCUT2D eigenvalue weighted by atomic mass is 16.3. The van der Waals surface area contributed by atoms with E-state index in [9.17, 15) is 0 Å². The van der Waals surface area contributed by atoms with Crippen LogP contribution in [0, 0.1) is 0 Å². The van der Waals surface area contributed by atoms with E-state index in [0.29, 0.717) is 12.1 Å². The van der Waals surface area contributed by atoms with Crippen molar-refractivity contribution in [3.63, 3.8) is 0 Å². The summed E-state index contributed by atoms with van der Waals surface area (Å²) in [5.41, 5.74) is 1.64. The number of aliphatic hydroxyl groups is 1. The fourth-order valence-corrected chi connectivity index (χ4v) is 3.77. The third-order valence-corrected chi connectivity index (χ3v) is 4.86. The maximum absolute atomic E-state index is 8.97. The van der Waals surface area contributed by atoms with Crippen molar-refractivity contribution in [2.24, 2.45) is 0 Å². The zero-order chi connectivity index (χ0) is 13.8. The molecule has 112 valence electrons. The molecule has 0 radical (unpaired) electrons. The van der Waals surface area contributed by atoms with Gasteiger partial charge in [-0.2, -0.15) is 5.10 Å². The minimum atomic E-state index is 0.151. The first-order valence-electron chi connectivity index (χ1n) is 7.90. The summed E-state index contributed by atoms with van der Waals surface area (Å²) in [5, 5.41) is 16.9. The summed E-state index contributed by atoms with van der Waals surface area (Å²) in [6.45, 7) is 5.09. The van der Waals surface area contributed by atoms with E-state index in [1.807, 2.05) is 10.9 Å². The summed E-state index contributed by atoms with van der Waals surface area (Å²) >= 11 is 0. The predicted octanol–water partition coefficient (Wildman–Crippen LogP) is 0.983. The number of aliphatic hydroxyl groups excluding tert-OH is 1. The molecule has 5 heteroatoms. The molecular weight excluding hydrogens is 252 g/mol. The molecule has 20 heavy (non-hydrogen) atoms. The molecule has 1 aromatic heterocycles.